The van der Waals surface area contributed by atoms with Crippen molar-refractivity contribution in [2.45, 2.75) is 14.7 Å². The molecule has 0 saturated heterocycles. The molecule has 0 unspecified atom stereocenters. The molecule has 12 nitrogen and oxygen atoms in total. The zero-order valence-electron chi connectivity index (χ0n) is 20.4. The van der Waals surface area contributed by atoms with Crippen LogP contribution in [0.3, 0.4) is 0 Å². The SMILES string of the molecule is O=S(=O)([O-])c1ccc2c(/N=N/c3ccc(S(=O)(=O)[O-])c4ccccc34)c(O)c(S(=O)(=O)[O-])cc2c1.[Fe].[Na+].[Na+].[Na+]. The van der Waals surface area contributed by atoms with Crippen LogP contribution in [-0.2, 0) is 47.4 Å². The van der Waals surface area contributed by atoms with Crippen molar-refractivity contribution in [2.75, 3.05) is 0 Å². The summed E-state index contributed by atoms with van der Waals surface area (Å²) in [5.74, 6) is -1.07. The fraction of sp³-hybridized carbons (Fsp3) is 0. The number of nitrogens with zero attached hydrogens (tertiary/aromatic N) is 2. The Morgan fingerprint density at radius 3 is 1.72 bits per heavy atom. The van der Waals surface area contributed by atoms with Crippen LogP contribution in [0.5, 0.6) is 5.75 Å². The number of phenolic OH excluding ortho intramolecular Hbond substituents is 1. The summed E-state index contributed by atoms with van der Waals surface area (Å²) in [5.41, 5.74) is -0.508. The Labute approximate surface area is 300 Å². The smallest absolute Gasteiger partial charge is 0.744 e. The van der Waals surface area contributed by atoms with E-state index in [1.54, 1.807) is 0 Å². The predicted octanol–water partition coefficient (Wildman–Crippen LogP) is -6.16. The largest absolute Gasteiger partial charge is 1.00 e. The molecule has 0 atom stereocenters. The standard InChI is InChI=1S/C20H14N2O10S3.Fe.3Na/c23-20-18(35(30,31)32)10-11-9-12(33(24,25)26)5-6-13(11)19(20)22-21-16-7-8-17(34(27,28)29)15-4-2-1-3-14(15)16;;;;/h1-10,23H,(H,24,25,26)(H,27,28,29)(H,30,31,32);;;;/q;;3*+1/p-3/b22-21+;;;;. The van der Waals surface area contributed by atoms with Gasteiger partial charge in [-0.2, -0.15) is 0 Å². The number of benzene rings is 4. The van der Waals surface area contributed by atoms with E-state index in [1.807, 2.05) is 0 Å². The molecule has 19 heteroatoms. The van der Waals surface area contributed by atoms with Crippen LogP contribution in [0.2, 0.25) is 0 Å². The second kappa shape index (κ2) is 14.5. The van der Waals surface area contributed by atoms with Gasteiger partial charge in [0.15, 0.2) is 5.75 Å². The van der Waals surface area contributed by atoms with Crippen molar-refractivity contribution in [3.63, 3.8) is 0 Å². The summed E-state index contributed by atoms with van der Waals surface area (Å²) in [4.78, 5) is -2.35. The first-order valence-electron chi connectivity index (χ1n) is 9.29. The van der Waals surface area contributed by atoms with Crippen molar-refractivity contribution < 1.29 is 150 Å². The van der Waals surface area contributed by atoms with Gasteiger partial charge < -0.3 is 18.8 Å². The third kappa shape index (κ3) is 8.55. The molecule has 4 aromatic carbocycles. The molecule has 0 radical (unpaired) electrons. The minimum absolute atomic E-state index is 0. The molecule has 4 aromatic rings. The van der Waals surface area contributed by atoms with E-state index >= 15 is 0 Å². The summed E-state index contributed by atoms with van der Waals surface area (Å²) in [6.45, 7) is 0. The predicted molar refractivity (Wildman–Crippen MR) is 118 cm³/mol. The molecule has 4 rings (SSSR count). The molecule has 0 spiro atoms. The molecule has 0 aliphatic carbocycles. The van der Waals surface area contributed by atoms with Gasteiger partial charge in [-0.05, 0) is 35.7 Å². The molecule has 0 saturated carbocycles. The van der Waals surface area contributed by atoms with E-state index in [0.29, 0.717) is 6.07 Å². The van der Waals surface area contributed by atoms with Crippen LogP contribution >= 0.6 is 0 Å². The topological polar surface area (TPSA) is 217 Å². The Morgan fingerprint density at radius 2 is 1.18 bits per heavy atom. The van der Waals surface area contributed by atoms with E-state index in [-0.39, 0.29) is 133 Å². The minimum atomic E-state index is -5.27. The molecule has 0 fully saturated rings. The van der Waals surface area contributed by atoms with Gasteiger partial charge in [0, 0.05) is 33.2 Å². The fourth-order valence-corrected chi connectivity index (χ4v) is 5.23. The van der Waals surface area contributed by atoms with Gasteiger partial charge in [-0.1, -0.05) is 30.3 Å². The van der Waals surface area contributed by atoms with E-state index in [1.165, 1.54) is 24.3 Å². The van der Waals surface area contributed by atoms with Crippen molar-refractivity contribution >= 4 is 63.3 Å². The molecule has 0 bridgehead atoms. The summed E-state index contributed by atoms with van der Waals surface area (Å²) < 4.78 is 104. The molecule has 0 heterocycles. The Morgan fingerprint density at radius 1 is 0.615 bits per heavy atom. The van der Waals surface area contributed by atoms with Gasteiger partial charge in [0.1, 0.15) is 36.0 Å². The number of fused-ring (bicyclic) bond motifs is 2. The van der Waals surface area contributed by atoms with Gasteiger partial charge in [-0.15, -0.1) is 10.2 Å². The summed E-state index contributed by atoms with van der Waals surface area (Å²) >= 11 is 0. The van der Waals surface area contributed by atoms with Crippen molar-refractivity contribution in [3.05, 3.63) is 60.7 Å². The molecule has 0 amide bonds. The Bertz CT molecular complexity index is 1900. The second-order valence-corrected chi connectivity index (χ2v) is 11.2. The average molecular weight is 660 g/mol. The van der Waals surface area contributed by atoms with Crippen LogP contribution in [0.4, 0.5) is 11.4 Å². The van der Waals surface area contributed by atoms with Crippen molar-refractivity contribution in [1.82, 2.24) is 0 Å². The minimum Gasteiger partial charge on any atom is -0.744 e. The van der Waals surface area contributed by atoms with Gasteiger partial charge in [0.2, 0.25) is 0 Å². The third-order valence-corrected chi connectivity index (χ3v) is 7.54. The molecule has 39 heavy (non-hydrogen) atoms. The molecule has 0 aromatic heterocycles. The summed E-state index contributed by atoms with van der Waals surface area (Å²) in [7, 11) is -15.0. The monoisotopic (exact) mass is 660 g/mol. The maximum Gasteiger partial charge on any atom is 1.00 e. The number of azo groups is 1. The van der Waals surface area contributed by atoms with Crippen molar-refractivity contribution in [2.24, 2.45) is 10.2 Å². The van der Waals surface area contributed by atoms with Gasteiger partial charge in [-0.25, -0.2) is 25.3 Å². The van der Waals surface area contributed by atoms with Gasteiger partial charge in [-0.3, -0.25) is 0 Å². The van der Waals surface area contributed by atoms with E-state index in [9.17, 15) is 44.0 Å². The molecular weight excluding hydrogens is 649 g/mol. The van der Waals surface area contributed by atoms with E-state index < -0.39 is 56.5 Å². The normalized spacial score (nSPS) is 11.8. The molecule has 0 aliphatic heterocycles. The Hall–Kier alpha value is 0.0495. The third-order valence-electron chi connectivity index (χ3n) is 4.97. The van der Waals surface area contributed by atoms with Gasteiger partial charge in [0.05, 0.1) is 20.4 Å². The van der Waals surface area contributed by atoms with E-state index in [0.717, 1.165) is 30.3 Å². The first-order valence-corrected chi connectivity index (χ1v) is 13.5. The zero-order valence-corrected chi connectivity index (χ0v) is 29.9. The number of aromatic hydroxyl groups is 1. The van der Waals surface area contributed by atoms with E-state index in [2.05, 4.69) is 10.2 Å². The number of hydrogen-bond donors (Lipinski definition) is 1. The average Bonchev–Trinajstić information content (AvgIpc) is 2.75. The zero-order chi connectivity index (χ0) is 25.8. The first kappa shape index (κ1) is 39.0. The summed E-state index contributed by atoms with van der Waals surface area (Å²) in [6.07, 6.45) is 0. The number of rotatable bonds is 5. The summed E-state index contributed by atoms with van der Waals surface area (Å²) in [5, 5.41) is 18.2. The Kier molecular flexibility index (Phi) is 14.5. The van der Waals surface area contributed by atoms with Crippen molar-refractivity contribution in [3.8, 4) is 5.75 Å². The summed E-state index contributed by atoms with van der Waals surface area (Å²) in [6, 6.07) is 11.5. The van der Waals surface area contributed by atoms with Crippen LogP contribution in [0, 0.1) is 0 Å². The van der Waals surface area contributed by atoms with Crippen LogP contribution in [-0.4, -0.2) is 44.0 Å². The molecule has 1 N–H and O–H groups in total. The quantitative estimate of drug-likeness (QED) is 0.121. The molecule has 0 aliphatic rings. The first-order chi connectivity index (χ1) is 16.2. The van der Waals surface area contributed by atoms with Crippen molar-refractivity contribution in [1.29, 1.82) is 0 Å². The fourth-order valence-electron chi connectivity index (χ4n) is 3.44. The molecule has 190 valence electrons. The van der Waals surface area contributed by atoms with Crippen LogP contribution < -0.4 is 88.7 Å². The second-order valence-electron chi connectivity index (χ2n) is 7.15. The van der Waals surface area contributed by atoms with E-state index in [4.69, 9.17) is 0 Å². The van der Waals surface area contributed by atoms with Crippen LogP contribution in [0.1, 0.15) is 0 Å². The Balaban J connectivity index is 0.00000361. The van der Waals surface area contributed by atoms with Crippen LogP contribution in [0.15, 0.2) is 85.6 Å². The molecular formula is C20H11FeN2Na3O10S3. The maximum atomic E-state index is 11.7. The number of hydrogen-bond acceptors (Lipinski definition) is 12. The van der Waals surface area contributed by atoms with Gasteiger partial charge >= 0.3 is 88.7 Å². The maximum absolute atomic E-state index is 11.7. The van der Waals surface area contributed by atoms with Gasteiger partial charge in [0.25, 0.3) is 0 Å². The number of phenols is 1. The van der Waals surface area contributed by atoms with Crippen LogP contribution in [0.25, 0.3) is 21.5 Å².